The lowest BCUT2D eigenvalue weighted by Crippen LogP contribution is -2.07. The van der Waals surface area contributed by atoms with Gasteiger partial charge in [-0.15, -0.1) is 11.3 Å². The van der Waals surface area contributed by atoms with Crippen molar-refractivity contribution in [2.75, 3.05) is 5.32 Å². The van der Waals surface area contributed by atoms with Gasteiger partial charge in [-0.1, -0.05) is 12.6 Å². The Morgan fingerprint density at radius 3 is 2.90 bits per heavy atom. The number of allylic oxidation sites excluding steroid dienone is 1. The van der Waals surface area contributed by atoms with Crippen molar-refractivity contribution in [2.24, 2.45) is 0 Å². The highest BCUT2D eigenvalue weighted by Gasteiger charge is 2.25. The van der Waals surface area contributed by atoms with E-state index < -0.39 is 0 Å². The number of benzene rings is 1. The lowest BCUT2D eigenvalue weighted by atomic mass is 10.1. The summed E-state index contributed by atoms with van der Waals surface area (Å²) >= 11 is 1.61. The molecule has 0 saturated carbocycles. The highest BCUT2D eigenvalue weighted by Crippen LogP contribution is 2.30. The van der Waals surface area contributed by atoms with Crippen molar-refractivity contribution < 1.29 is 9.59 Å². The summed E-state index contributed by atoms with van der Waals surface area (Å²) in [6.45, 7) is 3.42. The van der Waals surface area contributed by atoms with Crippen molar-refractivity contribution >= 4 is 34.8 Å². The van der Waals surface area contributed by atoms with Crippen LogP contribution in [0.5, 0.6) is 0 Å². The number of carbonyl (C=O) groups excluding carboxylic acids is 2. The number of ketones is 1. The molecule has 3 nitrogen and oxygen atoms in total. The van der Waals surface area contributed by atoms with E-state index in [0.29, 0.717) is 12.1 Å². The summed E-state index contributed by atoms with van der Waals surface area (Å²) in [5.74, 6) is -0.186. The Morgan fingerprint density at radius 2 is 2.19 bits per heavy atom. The van der Waals surface area contributed by atoms with Crippen LogP contribution < -0.4 is 5.32 Å². The number of amides is 1. The van der Waals surface area contributed by atoms with Crippen LogP contribution in [0.2, 0.25) is 0 Å². The van der Waals surface area contributed by atoms with Crippen LogP contribution in [0.15, 0.2) is 53.9 Å². The lowest BCUT2D eigenvalue weighted by Gasteiger charge is -2.04. The summed E-state index contributed by atoms with van der Waals surface area (Å²) < 4.78 is 0. The smallest absolute Gasteiger partial charge is 0.247 e. The highest BCUT2D eigenvalue weighted by molar-refractivity contribution is 7.10. The molecule has 1 amide bonds. The first-order chi connectivity index (χ1) is 10.2. The fourth-order valence-electron chi connectivity index (χ4n) is 2.35. The van der Waals surface area contributed by atoms with E-state index in [-0.39, 0.29) is 11.7 Å². The SMILES string of the molecule is C=CC(=O)Nc1ccc2c(c1)C/C(=C\c1cccs1)C2=O. The second-order valence-electron chi connectivity index (χ2n) is 4.76. The molecule has 1 aromatic heterocycles. The van der Waals surface area contributed by atoms with Gasteiger partial charge in [0, 0.05) is 28.1 Å². The zero-order valence-corrected chi connectivity index (χ0v) is 12.1. The number of thiophene rings is 1. The Bertz CT molecular complexity index is 757. The van der Waals surface area contributed by atoms with Gasteiger partial charge in [0.2, 0.25) is 5.91 Å². The molecule has 0 saturated heterocycles. The van der Waals surface area contributed by atoms with E-state index in [1.807, 2.05) is 29.7 Å². The van der Waals surface area contributed by atoms with E-state index >= 15 is 0 Å². The molecule has 1 N–H and O–H groups in total. The van der Waals surface area contributed by atoms with Gasteiger partial charge in [-0.3, -0.25) is 9.59 Å². The van der Waals surface area contributed by atoms with Crippen LogP contribution in [0, 0.1) is 0 Å². The molecule has 4 heteroatoms. The molecule has 1 aliphatic carbocycles. The van der Waals surface area contributed by atoms with Crippen LogP contribution in [0.1, 0.15) is 20.8 Å². The molecule has 21 heavy (non-hydrogen) atoms. The molecule has 3 rings (SSSR count). The van der Waals surface area contributed by atoms with Crippen LogP contribution in [0.4, 0.5) is 5.69 Å². The van der Waals surface area contributed by atoms with Crippen molar-refractivity contribution in [3.8, 4) is 0 Å². The maximum absolute atomic E-state index is 12.3. The molecule has 1 aromatic carbocycles. The third-order valence-corrected chi connectivity index (χ3v) is 4.15. The maximum atomic E-state index is 12.3. The van der Waals surface area contributed by atoms with Gasteiger partial charge < -0.3 is 5.32 Å². The van der Waals surface area contributed by atoms with Gasteiger partial charge in [-0.25, -0.2) is 0 Å². The molecule has 0 fully saturated rings. The number of nitrogens with one attached hydrogen (secondary N) is 1. The van der Waals surface area contributed by atoms with Crippen molar-refractivity contribution in [1.82, 2.24) is 0 Å². The summed E-state index contributed by atoms with van der Waals surface area (Å²) in [4.78, 5) is 24.7. The molecular formula is C17H13NO2S. The third-order valence-electron chi connectivity index (χ3n) is 3.34. The third kappa shape index (κ3) is 2.71. The van der Waals surface area contributed by atoms with E-state index in [9.17, 15) is 9.59 Å². The number of hydrogen-bond acceptors (Lipinski definition) is 3. The van der Waals surface area contributed by atoms with Crippen LogP contribution in [0.3, 0.4) is 0 Å². The molecule has 0 atom stereocenters. The Balaban J connectivity index is 1.89. The predicted molar refractivity (Wildman–Crippen MR) is 85.6 cm³/mol. The Morgan fingerprint density at radius 1 is 1.33 bits per heavy atom. The lowest BCUT2D eigenvalue weighted by molar-refractivity contribution is -0.111. The average molecular weight is 295 g/mol. The number of carbonyl (C=O) groups is 2. The first-order valence-electron chi connectivity index (χ1n) is 6.52. The normalized spacial score (nSPS) is 15.0. The average Bonchev–Trinajstić information content (AvgIpc) is 3.08. The summed E-state index contributed by atoms with van der Waals surface area (Å²) in [5.41, 5.74) is 3.14. The second-order valence-corrected chi connectivity index (χ2v) is 5.74. The molecule has 0 aliphatic heterocycles. The summed E-state index contributed by atoms with van der Waals surface area (Å²) in [7, 11) is 0. The number of Topliss-reactive ketones (excluding diaryl/α,β-unsaturated/α-hetero) is 1. The summed E-state index contributed by atoms with van der Waals surface area (Å²) in [6, 6.07) is 9.32. The van der Waals surface area contributed by atoms with Gasteiger partial charge in [-0.2, -0.15) is 0 Å². The molecule has 0 radical (unpaired) electrons. The van der Waals surface area contributed by atoms with Crippen molar-refractivity contribution in [1.29, 1.82) is 0 Å². The van der Waals surface area contributed by atoms with Crippen LogP contribution in [-0.4, -0.2) is 11.7 Å². The standard InChI is InChI=1S/C17H13NO2S/c1-2-16(19)18-13-5-6-15-11(9-13)8-12(17(15)20)10-14-4-3-7-21-14/h2-7,9-10H,1,8H2,(H,18,19)/b12-10+. The number of rotatable bonds is 3. The Labute approximate surface area is 126 Å². The topological polar surface area (TPSA) is 46.2 Å². The number of hydrogen-bond donors (Lipinski definition) is 1. The summed E-state index contributed by atoms with van der Waals surface area (Å²) in [6.07, 6.45) is 3.76. The Hall–Kier alpha value is -2.46. The molecule has 0 unspecified atom stereocenters. The highest BCUT2D eigenvalue weighted by atomic mass is 32.1. The molecule has 2 aromatic rings. The molecule has 104 valence electrons. The molecule has 1 heterocycles. The van der Waals surface area contributed by atoms with Gasteiger partial charge >= 0.3 is 0 Å². The number of fused-ring (bicyclic) bond motifs is 1. The molecular weight excluding hydrogens is 282 g/mol. The van der Waals surface area contributed by atoms with E-state index in [4.69, 9.17) is 0 Å². The van der Waals surface area contributed by atoms with Crippen molar-refractivity contribution in [3.63, 3.8) is 0 Å². The maximum Gasteiger partial charge on any atom is 0.247 e. The van der Waals surface area contributed by atoms with Gasteiger partial charge in [0.1, 0.15) is 0 Å². The van der Waals surface area contributed by atoms with E-state index in [1.54, 1.807) is 23.5 Å². The van der Waals surface area contributed by atoms with Crippen molar-refractivity contribution in [2.45, 2.75) is 6.42 Å². The minimum absolute atomic E-state index is 0.0694. The summed E-state index contributed by atoms with van der Waals surface area (Å²) in [5, 5.41) is 4.70. The quantitative estimate of drug-likeness (QED) is 0.878. The van der Waals surface area contributed by atoms with E-state index in [2.05, 4.69) is 11.9 Å². The van der Waals surface area contributed by atoms with Gasteiger partial charge in [-0.05, 0) is 47.4 Å². The molecule has 0 spiro atoms. The molecule has 1 aliphatic rings. The van der Waals surface area contributed by atoms with Crippen LogP contribution in [0.25, 0.3) is 6.08 Å². The zero-order chi connectivity index (χ0) is 14.8. The largest absolute Gasteiger partial charge is 0.323 e. The van der Waals surface area contributed by atoms with Crippen LogP contribution >= 0.6 is 11.3 Å². The second kappa shape index (κ2) is 5.50. The van der Waals surface area contributed by atoms with Crippen LogP contribution in [-0.2, 0) is 11.2 Å². The minimum atomic E-state index is -0.256. The predicted octanol–water partition coefficient (Wildman–Crippen LogP) is 3.70. The van der Waals surface area contributed by atoms with Crippen molar-refractivity contribution in [3.05, 3.63) is 69.9 Å². The fraction of sp³-hybridized carbons (Fsp3) is 0.0588. The zero-order valence-electron chi connectivity index (χ0n) is 11.3. The monoisotopic (exact) mass is 295 g/mol. The van der Waals surface area contributed by atoms with E-state index in [0.717, 1.165) is 21.6 Å². The van der Waals surface area contributed by atoms with Gasteiger partial charge in [0.05, 0.1) is 0 Å². The number of anilines is 1. The Kier molecular flexibility index (Phi) is 3.54. The first kappa shape index (κ1) is 13.5. The molecule has 0 bridgehead atoms. The first-order valence-corrected chi connectivity index (χ1v) is 7.40. The van der Waals surface area contributed by atoms with Gasteiger partial charge in [0.25, 0.3) is 0 Å². The van der Waals surface area contributed by atoms with Gasteiger partial charge in [0.15, 0.2) is 5.78 Å². The van der Waals surface area contributed by atoms with E-state index in [1.165, 1.54) is 6.08 Å². The fourth-order valence-corrected chi connectivity index (χ4v) is 3.03. The minimum Gasteiger partial charge on any atom is -0.323 e.